The van der Waals surface area contributed by atoms with Crippen LogP contribution in [0.1, 0.15) is 22.3 Å². The van der Waals surface area contributed by atoms with Crippen LogP contribution in [0.4, 0.5) is 0 Å². The Bertz CT molecular complexity index is 614. The van der Waals surface area contributed by atoms with Crippen LogP contribution in [0.25, 0.3) is 11.5 Å². The van der Waals surface area contributed by atoms with Gasteiger partial charge in [-0.3, -0.25) is 0 Å². The minimum Gasteiger partial charge on any atom is -0.489 e. The molecular weight excluding hydrogens is 304 g/mol. The minimum atomic E-state index is -1.29. The van der Waals surface area contributed by atoms with E-state index in [0.717, 1.165) is 11.5 Å². The molecule has 0 N–H and O–H groups in total. The second kappa shape index (κ2) is 5.13. The average Bonchev–Trinajstić information content (AvgIpc) is 2.89. The van der Waals surface area contributed by atoms with Crippen LogP contribution in [-0.2, 0) is 22.7 Å². The Morgan fingerprint density at radius 1 is 0.727 bits per heavy atom. The van der Waals surface area contributed by atoms with E-state index in [-0.39, 0.29) is 0 Å². The standard InChI is InChI=1S/C18H26O2Si2/c1-21(2,3)11-17-15-7-14-10-20-18(12-22(4,5)6)16(14)8-13(15)9-19-17/h7-8,11-12H,9-10H2,1-6H3/b17-11+,18-12+. The van der Waals surface area contributed by atoms with E-state index in [1.807, 2.05) is 0 Å². The average molecular weight is 331 g/mol. The van der Waals surface area contributed by atoms with Crippen molar-refractivity contribution in [1.82, 2.24) is 0 Å². The first kappa shape index (κ1) is 15.6. The Morgan fingerprint density at radius 2 is 1.09 bits per heavy atom. The zero-order chi connectivity index (χ0) is 16.1. The summed E-state index contributed by atoms with van der Waals surface area (Å²) in [6.07, 6.45) is 0. The predicted molar refractivity (Wildman–Crippen MR) is 98.7 cm³/mol. The molecule has 1 aromatic rings. The van der Waals surface area contributed by atoms with Crippen molar-refractivity contribution in [3.05, 3.63) is 45.8 Å². The lowest BCUT2D eigenvalue weighted by atomic mass is 10.00. The molecule has 0 unspecified atom stereocenters. The van der Waals surface area contributed by atoms with Gasteiger partial charge in [0.05, 0.1) is 16.1 Å². The smallest absolute Gasteiger partial charge is 0.119 e. The largest absolute Gasteiger partial charge is 0.489 e. The Hall–Kier alpha value is -1.27. The number of hydrogen-bond donors (Lipinski definition) is 0. The Kier molecular flexibility index (Phi) is 3.64. The Labute approximate surface area is 135 Å². The number of hydrogen-bond acceptors (Lipinski definition) is 2. The molecule has 0 fully saturated rings. The fraction of sp³-hybridized carbons (Fsp3) is 0.444. The van der Waals surface area contributed by atoms with Gasteiger partial charge < -0.3 is 9.47 Å². The zero-order valence-corrected chi connectivity index (χ0v) is 16.5. The first-order valence-electron chi connectivity index (χ1n) is 8.00. The fourth-order valence-electron chi connectivity index (χ4n) is 2.88. The molecule has 0 saturated heterocycles. The minimum absolute atomic E-state index is 0.694. The third-order valence-electron chi connectivity index (χ3n) is 3.75. The molecule has 118 valence electrons. The van der Waals surface area contributed by atoms with E-state index in [1.165, 1.54) is 22.3 Å². The van der Waals surface area contributed by atoms with Gasteiger partial charge in [0.2, 0.25) is 0 Å². The van der Waals surface area contributed by atoms with Gasteiger partial charge in [-0.1, -0.05) is 50.7 Å². The summed E-state index contributed by atoms with van der Waals surface area (Å²) < 4.78 is 11.9. The Balaban J connectivity index is 2.03. The number of ether oxygens (including phenoxy) is 2. The molecular formula is C18H26O2Si2. The SMILES string of the molecule is C[Si](C)(C)/C=C1/OCc2cc3c(cc21)CO/C3=C/[Si](C)(C)C. The maximum atomic E-state index is 5.96. The van der Waals surface area contributed by atoms with Crippen LogP contribution < -0.4 is 0 Å². The first-order chi connectivity index (χ1) is 10.1. The number of fused-ring (bicyclic) bond motifs is 2. The highest BCUT2D eigenvalue weighted by Gasteiger charge is 2.27. The predicted octanol–water partition coefficient (Wildman–Crippen LogP) is 5.18. The van der Waals surface area contributed by atoms with Crippen LogP contribution >= 0.6 is 0 Å². The van der Waals surface area contributed by atoms with Gasteiger partial charge in [0, 0.05) is 22.3 Å². The molecule has 0 aliphatic carbocycles. The molecule has 0 radical (unpaired) electrons. The highest BCUT2D eigenvalue weighted by molar-refractivity contribution is 6.82. The van der Waals surface area contributed by atoms with Crippen molar-refractivity contribution in [2.45, 2.75) is 52.5 Å². The van der Waals surface area contributed by atoms with Gasteiger partial charge in [0.15, 0.2) is 0 Å². The topological polar surface area (TPSA) is 18.5 Å². The molecule has 0 saturated carbocycles. The summed E-state index contributed by atoms with van der Waals surface area (Å²) in [5, 5.41) is 0. The number of benzene rings is 1. The second-order valence-electron chi connectivity index (χ2n) is 8.49. The maximum absolute atomic E-state index is 5.96. The van der Waals surface area contributed by atoms with Gasteiger partial charge in [-0.05, 0) is 12.1 Å². The summed E-state index contributed by atoms with van der Waals surface area (Å²) in [6, 6.07) is 4.57. The monoisotopic (exact) mass is 330 g/mol. The summed E-state index contributed by atoms with van der Waals surface area (Å²) in [5.41, 5.74) is 9.88. The Morgan fingerprint density at radius 3 is 1.41 bits per heavy atom. The van der Waals surface area contributed by atoms with Crippen molar-refractivity contribution in [2.75, 3.05) is 0 Å². The lowest BCUT2D eigenvalue weighted by Gasteiger charge is -2.12. The summed E-state index contributed by atoms with van der Waals surface area (Å²) in [7, 11) is -2.57. The molecule has 2 aliphatic heterocycles. The van der Waals surface area contributed by atoms with Crippen LogP contribution in [0, 0.1) is 0 Å². The molecule has 22 heavy (non-hydrogen) atoms. The van der Waals surface area contributed by atoms with Crippen molar-refractivity contribution in [3.63, 3.8) is 0 Å². The molecule has 0 spiro atoms. The molecule has 2 aliphatic rings. The van der Waals surface area contributed by atoms with E-state index in [1.54, 1.807) is 0 Å². The van der Waals surface area contributed by atoms with Gasteiger partial charge in [-0.25, -0.2) is 0 Å². The van der Waals surface area contributed by atoms with E-state index in [9.17, 15) is 0 Å². The lowest BCUT2D eigenvalue weighted by Crippen LogP contribution is -2.16. The molecule has 0 aromatic heterocycles. The van der Waals surface area contributed by atoms with Crippen molar-refractivity contribution in [3.8, 4) is 0 Å². The van der Waals surface area contributed by atoms with Gasteiger partial charge in [0.25, 0.3) is 0 Å². The van der Waals surface area contributed by atoms with Crippen LogP contribution in [-0.4, -0.2) is 16.1 Å². The summed E-state index contributed by atoms with van der Waals surface area (Å²) in [6.45, 7) is 15.4. The summed E-state index contributed by atoms with van der Waals surface area (Å²) >= 11 is 0. The van der Waals surface area contributed by atoms with Gasteiger partial charge in [-0.15, -0.1) is 0 Å². The van der Waals surface area contributed by atoms with E-state index in [4.69, 9.17) is 9.47 Å². The molecule has 2 nitrogen and oxygen atoms in total. The highest BCUT2D eigenvalue weighted by Crippen LogP contribution is 2.39. The normalized spacial score (nSPS) is 20.8. The van der Waals surface area contributed by atoms with Gasteiger partial charge in [-0.2, -0.15) is 0 Å². The zero-order valence-electron chi connectivity index (χ0n) is 14.5. The van der Waals surface area contributed by atoms with Crippen LogP contribution in [0.2, 0.25) is 39.3 Å². The van der Waals surface area contributed by atoms with E-state index < -0.39 is 16.1 Å². The molecule has 2 heterocycles. The highest BCUT2D eigenvalue weighted by atomic mass is 28.3. The van der Waals surface area contributed by atoms with Crippen molar-refractivity contribution < 1.29 is 9.47 Å². The molecule has 0 amide bonds. The van der Waals surface area contributed by atoms with Crippen LogP contribution in [0.3, 0.4) is 0 Å². The maximum Gasteiger partial charge on any atom is 0.119 e. The van der Waals surface area contributed by atoms with Crippen LogP contribution in [0.15, 0.2) is 23.5 Å². The fourth-order valence-corrected chi connectivity index (χ4v) is 4.93. The summed E-state index contributed by atoms with van der Waals surface area (Å²) in [5.74, 6) is 2.17. The lowest BCUT2D eigenvalue weighted by molar-refractivity contribution is 0.283. The van der Waals surface area contributed by atoms with Crippen molar-refractivity contribution >= 4 is 27.7 Å². The van der Waals surface area contributed by atoms with Gasteiger partial charge >= 0.3 is 0 Å². The second-order valence-corrected chi connectivity index (χ2v) is 18.5. The quantitative estimate of drug-likeness (QED) is 0.695. The van der Waals surface area contributed by atoms with Crippen LogP contribution in [0.5, 0.6) is 0 Å². The molecule has 3 rings (SSSR count). The van der Waals surface area contributed by atoms with Crippen molar-refractivity contribution in [1.29, 1.82) is 0 Å². The van der Waals surface area contributed by atoms with E-state index >= 15 is 0 Å². The molecule has 4 heteroatoms. The molecule has 1 aromatic carbocycles. The third kappa shape index (κ3) is 3.23. The first-order valence-corrected chi connectivity index (χ1v) is 15.2. The third-order valence-corrected chi connectivity index (χ3v) is 6.01. The molecule has 0 bridgehead atoms. The van der Waals surface area contributed by atoms with E-state index in [0.29, 0.717) is 13.2 Å². The number of rotatable bonds is 2. The molecule has 0 atom stereocenters. The van der Waals surface area contributed by atoms with E-state index in [2.05, 4.69) is 62.8 Å². The van der Waals surface area contributed by atoms with Gasteiger partial charge in [0.1, 0.15) is 24.7 Å². The van der Waals surface area contributed by atoms with Crippen molar-refractivity contribution in [2.24, 2.45) is 0 Å². The summed E-state index contributed by atoms with van der Waals surface area (Å²) in [4.78, 5) is 0.